The van der Waals surface area contributed by atoms with E-state index in [0.717, 1.165) is 70.6 Å². The number of likely N-dealkylation sites (tertiary alicyclic amines) is 1. The van der Waals surface area contributed by atoms with E-state index in [2.05, 4.69) is 112 Å². The fourth-order valence-electron chi connectivity index (χ4n) is 14.8. The highest BCUT2D eigenvalue weighted by Gasteiger charge is 2.53. The molecule has 8 heteroatoms. The van der Waals surface area contributed by atoms with Gasteiger partial charge in [-0.2, -0.15) is 0 Å². The van der Waals surface area contributed by atoms with Crippen LogP contribution in [0.5, 0.6) is 0 Å². The highest BCUT2D eigenvalue weighted by atomic mass is 16.8. The number of β-amino-alcohol motifs (C(OH)–C–C–N with tert-alkyl or cyclic N) is 1. The average molecular weight is 1260 g/mol. The van der Waals surface area contributed by atoms with Crippen LogP contribution in [0.1, 0.15) is 362 Å². The lowest BCUT2D eigenvalue weighted by atomic mass is 9.92. The number of hydrogen-bond donors (Lipinski definition) is 2. The third kappa shape index (κ3) is 35.7. The molecule has 4 aliphatic rings. The lowest BCUT2D eigenvalue weighted by molar-refractivity contribution is -0.201. The smallest absolute Gasteiger partial charge is 0.169 e. The van der Waals surface area contributed by atoms with Crippen molar-refractivity contribution in [2.75, 3.05) is 34.2 Å². The Kier molecular flexibility index (Phi) is 46.8. The Labute approximate surface area is 558 Å². The first-order valence-electron chi connectivity index (χ1n) is 39.5. The number of aliphatic hydroxyl groups is 2. The van der Waals surface area contributed by atoms with Crippen molar-refractivity contribution in [1.82, 2.24) is 9.80 Å². The molecule has 0 bridgehead atoms. The molecule has 4 fully saturated rings. The standard InChI is InChI=1S/C82H148N2O6/c1-8-12-16-20-24-26-28-29-30-31-32-33-35-41-49-58-66-82(89-78-71-84(7)70-75(85)79(86)80(78)90-82)67-59-51-43-39-47-55-63-73(61-53-45-37-23-19-15-11-4)72(60-52-44-36-22-18-14-10-3)62-54-46-38-42-50-57-65-81(64-56-48-40-34-27-25-21-17-13-9-2)87-76-68-74(83(5)6)69-77(76)88-81/h24,26,29-30,36-37,44-45,60-61,74-80,85-86H,8-23,25,27-28,31-35,38-43,46-59,62-71H2,1-7H3/b26-24-,30-29-,44-36-,45-37-,72-60+,73-61+/t74-,75-,76-,77+,78-,79-,80-,81?,82?/m1/s1. The molecule has 1 aliphatic carbocycles. The van der Waals surface area contributed by atoms with Crippen LogP contribution in [0, 0.1) is 0 Å². The highest BCUT2D eigenvalue weighted by molar-refractivity contribution is 5.32. The second-order valence-corrected chi connectivity index (χ2v) is 29.1. The molecule has 9 atom stereocenters. The molecule has 0 amide bonds. The number of fused-ring (bicyclic) bond motifs is 2. The molecular weight excluding hydrogens is 1110 g/mol. The number of allylic oxidation sites excluding steroid dienone is 12. The summed E-state index contributed by atoms with van der Waals surface area (Å²) in [5.74, 6) is -1.03. The van der Waals surface area contributed by atoms with Gasteiger partial charge in [0.2, 0.25) is 0 Å². The minimum atomic E-state index is -0.927. The van der Waals surface area contributed by atoms with Crippen molar-refractivity contribution in [3.8, 4) is 0 Å². The number of hydrogen-bond acceptors (Lipinski definition) is 8. The highest BCUT2D eigenvalue weighted by Crippen LogP contribution is 2.45. The van der Waals surface area contributed by atoms with Crippen LogP contribution in [0.25, 0.3) is 0 Å². The van der Waals surface area contributed by atoms with E-state index >= 15 is 0 Å². The van der Waals surface area contributed by atoms with Gasteiger partial charge in [-0.05, 0) is 167 Å². The molecule has 3 saturated heterocycles. The molecule has 0 aromatic carbocycles. The fraction of sp³-hybridized carbons (Fsp3) is 0.854. The van der Waals surface area contributed by atoms with Gasteiger partial charge in [0.15, 0.2) is 11.6 Å². The van der Waals surface area contributed by atoms with Crippen LogP contribution in [0.15, 0.2) is 71.9 Å². The van der Waals surface area contributed by atoms with E-state index in [1.165, 1.54) is 263 Å². The number of unbranched alkanes of at least 4 members (excludes halogenated alkanes) is 34. The average Bonchev–Trinajstić information content (AvgIpc) is 1.67. The molecule has 4 rings (SSSR count). The van der Waals surface area contributed by atoms with Gasteiger partial charge in [-0.3, -0.25) is 0 Å². The third-order valence-electron chi connectivity index (χ3n) is 20.6. The van der Waals surface area contributed by atoms with Crippen LogP contribution < -0.4 is 0 Å². The maximum atomic E-state index is 11.2. The summed E-state index contributed by atoms with van der Waals surface area (Å²) < 4.78 is 27.7. The quantitative estimate of drug-likeness (QED) is 0.0354. The van der Waals surface area contributed by atoms with E-state index in [4.69, 9.17) is 18.9 Å². The molecule has 2 unspecified atom stereocenters. The van der Waals surface area contributed by atoms with Gasteiger partial charge >= 0.3 is 0 Å². The van der Waals surface area contributed by atoms with Crippen LogP contribution in [-0.2, 0) is 18.9 Å². The van der Waals surface area contributed by atoms with Crippen molar-refractivity contribution in [1.29, 1.82) is 0 Å². The maximum Gasteiger partial charge on any atom is 0.169 e. The molecule has 0 radical (unpaired) electrons. The first kappa shape index (κ1) is 80.6. The second kappa shape index (κ2) is 52.3. The van der Waals surface area contributed by atoms with Gasteiger partial charge in [-0.25, -0.2) is 0 Å². The van der Waals surface area contributed by atoms with E-state index in [0.29, 0.717) is 19.1 Å². The minimum absolute atomic E-state index is 0.219. The van der Waals surface area contributed by atoms with Gasteiger partial charge in [-0.1, -0.05) is 262 Å². The summed E-state index contributed by atoms with van der Waals surface area (Å²) in [4.78, 5) is 4.47. The molecule has 3 aliphatic heterocycles. The van der Waals surface area contributed by atoms with Crippen LogP contribution in [0.2, 0.25) is 0 Å². The zero-order valence-electron chi connectivity index (χ0n) is 60.4. The van der Waals surface area contributed by atoms with E-state index in [1.807, 2.05) is 7.05 Å². The molecule has 2 N–H and O–H groups in total. The summed E-state index contributed by atoms with van der Waals surface area (Å²) in [5.41, 5.74) is 3.22. The largest absolute Gasteiger partial charge is 0.389 e. The van der Waals surface area contributed by atoms with E-state index < -0.39 is 24.1 Å². The predicted octanol–water partition coefficient (Wildman–Crippen LogP) is 23.0. The Balaban J connectivity index is 1.26. The Morgan fingerprint density at radius 1 is 0.389 bits per heavy atom. The van der Waals surface area contributed by atoms with E-state index in [1.54, 1.807) is 11.1 Å². The molecule has 522 valence electrons. The summed E-state index contributed by atoms with van der Waals surface area (Å²) in [6, 6.07) is 0.575. The summed E-state index contributed by atoms with van der Waals surface area (Å²) in [7, 11) is 6.45. The number of likely N-dealkylation sites (N-methyl/N-ethyl adjacent to an activating group) is 1. The van der Waals surface area contributed by atoms with Crippen molar-refractivity contribution in [3.05, 3.63) is 71.9 Å². The Bertz CT molecular complexity index is 1880. The predicted molar refractivity (Wildman–Crippen MR) is 387 cm³/mol. The van der Waals surface area contributed by atoms with Gasteiger partial charge in [-0.15, -0.1) is 0 Å². The molecule has 3 heterocycles. The summed E-state index contributed by atoms with van der Waals surface area (Å²) in [6.45, 7) is 10.3. The Hall–Kier alpha value is -1.88. The van der Waals surface area contributed by atoms with Crippen molar-refractivity contribution in [2.45, 2.75) is 416 Å². The normalized spacial score (nSPS) is 25.2. The van der Waals surface area contributed by atoms with Crippen molar-refractivity contribution in [2.24, 2.45) is 0 Å². The van der Waals surface area contributed by atoms with Crippen LogP contribution >= 0.6 is 0 Å². The topological polar surface area (TPSA) is 83.9 Å². The summed E-state index contributed by atoms with van der Waals surface area (Å²) >= 11 is 0. The summed E-state index contributed by atoms with van der Waals surface area (Å²) in [6.07, 6.45) is 86.3. The SMILES string of the molecule is CCCCC/C=C\C/C=C\CCCCCCCCC1(CCCCCCCCC(=C\C/C=C\CCCCC)/C(=C/C/C=C\CCCCC)CCCCCCCCC2(CCCCCCCCCCCC)O[C@H]3C[C@H](N(C)C)C[C@H]3O2)O[C@H]2[C@H](O)[C@H](O)CN(C)C[C@H]2O1. The van der Waals surface area contributed by atoms with Gasteiger partial charge in [0.25, 0.3) is 0 Å². The van der Waals surface area contributed by atoms with Crippen molar-refractivity contribution in [3.63, 3.8) is 0 Å². The van der Waals surface area contributed by atoms with Crippen LogP contribution in [-0.4, -0.2) is 108 Å². The molecule has 90 heavy (non-hydrogen) atoms. The Morgan fingerprint density at radius 2 is 0.711 bits per heavy atom. The summed E-state index contributed by atoms with van der Waals surface area (Å²) in [5, 5.41) is 22.1. The second-order valence-electron chi connectivity index (χ2n) is 29.1. The third-order valence-corrected chi connectivity index (χ3v) is 20.6. The molecule has 1 saturated carbocycles. The van der Waals surface area contributed by atoms with Gasteiger partial charge < -0.3 is 39.0 Å². The van der Waals surface area contributed by atoms with Crippen LogP contribution in [0.3, 0.4) is 0 Å². The number of rotatable bonds is 58. The first-order chi connectivity index (χ1) is 44.1. The monoisotopic (exact) mass is 1260 g/mol. The molecule has 0 spiro atoms. The molecular formula is C82H148N2O6. The molecule has 0 aromatic heterocycles. The number of ether oxygens (including phenoxy) is 4. The number of aliphatic hydroxyl groups excluding tert-OH is 2. The van der Waals surface area contributed by atoms with E-state index in [-0.39, 0.29) is 24.1 Å². The van der Waals surface area contributed by atoms with Gasteiger partial charge in [0.05, 0.1) is 18.3 Å². The van der Waals surface area contributed by atoms with Crippen molar-refractivity contribution < 1.29 is 29.2 Å². The number of nitrogens with zero attached hydrogens (tertiary/aromatic N) is 2. The zero-order chi connectivity index (χ0) is 64.4. The van der Waals surface area contributed by atoms with Gasteiger partial charge in [0.1, 0.15) is 18.3 Å². The maximum absolute atomic E-state index is 11.2. The molecule has 0 aromatic rings. The lowest BCUT2D eigenvalue weighted by Crippen LogP contribution is -2.43. The fourth-order valence-corrected chi connectivity index (χ4v) is 14.8. The zero-order valence-corrected chi connectivity index (χ0v) is 60.4. The minimum Gasteiger partial charge on any atom is -0.389 e. The van der Waals surface area contributed by atoms with Crippen LogP contribution in [0.4, 0.5) is 0 Å². The van der Waals surface area contributed by atoms with Gasteiger partial charge in [0, 0.05) is 44.8 Å². The van der Waals surface area contributed by atoms with E-state index in [9.17, 15) is 10.2 Å². The first-order valence-corrected chi connectivity index (χ1v) is 39.5. The Morgan fingerprint density at radius 3 is 1.11 bits per heavy atom. The van der Waals surface area contributed by atoms with Crippen molar-refractivity contribution >= 4 is 0 Å². The lowest BCUT2D eigenvalue weighted by Gasteiger charge is -2.31. The molecule has 8 nitrogen and oxygen atoms in total.